The van der Waals surface area contributed by atoms with Crippen molar-refractivity contribution in [1.82, 2.24) is 4.57 Å². The highest BCUT2D eigenvalue weighted by Crippen LogP contribution is 2.22. The second kappa shape index (κ2) is 7.10. The Hall–Kier alpha value is -2.05. The number of benzene rings is 1. The quantitative estimate of drug-likeness (QED) is 0.872. The van der Waals surface area contributed by atoms with Crippen LogP contribution in [0, 0.1) is 0 Å². The van der Waals surface area contributed by atoms with Crippen LogP contribution in [0.25, 0.3) is 10.9 Å². The molecule has 0 saturated heterocycles. The number of carbonyl (C=O) groups excluding carboxylic acids is 2. The molecule has 0 aliphatic rings. The fraction of sp³-hybridized carbons (Fsp3) is 0.286. The van der Waals surface area contributed by atoms with Crippen molar-refractivity contribution in [3.05, 3.63) is 36.0 Å². The molecule has 0 amide bonds. The first-order valence-electron chi connectivity index (χ1n) is 6.09. The number of aromatic nitrogens is 1. The summed E-state index contributed by atoms with van der Waals surface area (Å²) in [6.07, 6.45) is 1.44. The van der Waals surface area contributed by atoms with Gasteiger partial charge in [-0.05, 0) is 11.6 Å². The van der Waals surface area contributed by atoms with Crippen molar-refractivity contribution in [2.75, 3.05) is 14.2 Å². The van der Waals surface area contributed by atoms with Gasteiger partial charge in [0.25, 0.3) is 0 Å². The molecule has 0 saturated carbocycles. The fourth-order valence-electron chi connectivity index (χ4n) is 2.13. The number of hydrogen-bond acceptors (Lipinski definition) is 5. The van der Waals surface area contributed by atoms with Crippen LogP contribution >= 0.6 is 12.4 Å². The lowest BCUT2D eigenvalue weighted by Crippen LogP contribution is -2.33. The molecule has 0 radical (unpaired) electrons. The van der Waals surface area contributed by atoms with Gasteiger partial charge in [0.2, 0.25) is 0 Å². The minimum absolute atomic E-state index is 0. The zero-order chi connectivity index (χ0) is 14.7. The largest absolute Gasteiger partial charge is 0.468 e. The third-order valence-corrected chi connectivity index (χ3v) is 3.11. The van der Waals surface area contributed by atoms with Gasteiger partial charge in [0, 0.05) is 18.0 Å². The maximum absolute atomic E-state index is 11.7. The number of hydrogen-bond donors (Lipinski definition) is 1. The first kappa shape index (κ1) is 17.0. The van der Waals surface area contributed by atoms with Crippen LogP contribution in [0.5, 0.6) is 0 Å². The van der Waals surface area contributed by atoms with E-state index >= 15 is 0 Å². The maximum Gasteiger partial charge on any atom is 0.418 e. The van der Waals surface area contributed by atoms with Crippen LogP contribution in [0.1, 0.15) is 5.56 Å². The molecule has 1 aromatic carbocycles. The highest BCUT2D eigenvalue weighted by atomic mass is 35.5. The van der Waals surface area contributed by atoms with Crippen molar-refractivity contribution < 1.29 is 19.1 Å². The minimum atomic E-state index is -0.767. The molecule has 0 fully saturated rings. The fourth-order valence-corrected chi connectivity index (χ4v) is 2.13. The SMILES string of the molecule is COC(=O)C(N)Cc1cn(C(=O)OC)c2ccccc12.Cl. The molecule has 0 spiro atoms. The van der Waals surface area contributed by atoms with Gasteiger partial charge in [0.1, 0.15) is 6.04 Å². The van der Waals surface area contributed by atoms with Gasteiger partial charge in [-0.15, -0.1) is 12.4 Å². The van der Waals surface area contributed by atoms with Crippen LogP contribution in [0.4, 0.5) is 4.79 Å². The van der Waals surface area contributed by atoms with Gasteiger partial charge in [-0.3, -0.25) is 9.36 Å². The molecule has 1 unspecified atom stereocenters. The van der Waals surface area contributed by atoms with E-state index in [9.17, 15) is 9.59 Å². The molecule has 1 atom stereocenters. The van der Waals surface area contributed by atoms with Crippen LogP contribution in [-0.4, -0.2) is 36.9 Å². The Morgan fingerprint density at radius 2 is 1.90 bits per heavy atom. The normalized spacial score (nSPS) is 11.6. The van der Waals surface area contributed by atoms with E-state index in [0.29, 0.717) is 5.52 Å². The zero-order valence-corrected chi connectivity index (χ0v) is 12.6. The molecule has 2 aromatic rings. The number of rotatable bonds is 3. The van der Waals surface area contributed by atoms with Crippen molar-refractivity contribution in [3.63, 3.8) is 0 Å². The van der Waals surface area contributed by atoms with Gasteiger partial charge in [0.05, 0.1) is 19.7 Å². The van der Waals surface area contributed by atoms with E-state index in [-0.39, 0.29) is 18.8 Å². The summed E-state index contributed by atoms with van der Waals surface area (Å²) < 4.78 is 10.7. The van der Waals surface area contributed by atoms with Crippen molar-refractivity contribution in [2.45, 2.75) is 12.5 Å². The van der Waals surface area contributed by atoms with Gasteiger partial charge in [-0.1, -0.05) is 18.2 Å². The Labute approximate surface area is 128 Å². The molecule has 1 heterocycles. The molecule has 2 N–H and O–H groups in total. The standard InChI is InChI=1S/C14H16N2O4.ClH/c1-19-13(17)11(15)7-9-8-16(14(18)20-2)12-6-4-3-5-10(9)12;/h3-6,8,11H,7,15H2,1-2H3;1H. The third-order valence-electron chi connectivity index (χ3n) is 3.11. The maximum atomic E-state index is 11.7. The zero-order valence-electron chi connectivity index (χ0n) is 11.7. The summed E-state index contributed by atoms with van der Waals surface area (Å²) >= 11 is 0. The average Bonchev–Trinajstić information content (AvgIpc) is 2.84. The lowest BCUT2D eigenvalue weighted by Gasteiger charge is -2.07. The van der Waals surface area contributed by atoms with Gasteiger partial charge in [0.15, 0.2) is 0 Å². The van der Waals surface area contributed by atoms with E-state index in [2.05, 4.69) is 4.74 Å². The predicted octanol–water partition coefficient (Wildman–Crippen LogP) is 1.72. The summed E-state index contributed by atoms with van der Waals surface area (Å²) in [6.45, 7) is 0. The number of ether oxygens (including phenoxy) is 2. The van der Waals surface area contributed by atoms with Crippen molar-refractivity contribution in [1.29, 1.82) is 0 Å². The molecule has 0 aliphatic carbocycles. The molecule has 0 aliphatic heterocycles. The molecule has 7 heteroatoms. The summed E-state index contributed by atoms with van der Waals surface area (Å²) in [5.74, 6) is -0.486. The van der Waals surface area contributed by atoms with E-state index in [0.717, 1.165) is 10.9 Å². The first-order valence-corrected chi connectivity index (χ1v) is 6.09. The van der Waals surface area contributed by atoms with Crippen LogP contribution < -0.4 is 5.73 Å². The third kappa shape index (κ3) is 3.34. The summed E-state index contributed by atoms with van der Waals surface area (Å²) in [4.78, 5) is 23.1. The Kier molecular flexibility index (Phi) is 5.75. The van der Waals surface area contributed by atoms with Crippen LogP contribution in [0.15, 0.2) is 30.5 Å². The molecule has 2 rings (SSSR count). The summed E-state index contributed by atoms with van der Waals surface area (Å²) in [7, 11) is 2.61. The van der Waals surface area contributed by atoms with Gasteiger partial charge in [-0.25, -0.2) is 4.79 Å². The lowest BCUT2D eigenvalue weighted by molar-refractivity contribution is -0.142. The van der Waals surface area contributed by atoms with E-state index in [1.807, 2.05) is 18.2 Å². The van der Waals surface area contributed by atoms with Gasteiger partial charge < -0.3 is 15.2 Å². The Morgan fingerprint density at radius 3 is 2.52 bits per heavy atom. The average molecular weight is 313 g/mol. The number of fused-ring (bicyclic) bond motifs is 1. The van der Waals surface area contributed by atoms with E-state index in [4.69, 9.17) is 10.5 Å². The number of para-hydroxylation sites is 1. The number of halogens is 1. The minimum Gasteiger partial charge on any atom is -0.468 e. The van der Waals surface area contributed by atoms with Crippen LogP contribution in [-0.2, 0) is 20.7 Å². The number of esters is 1. The van der Waals surface area contributed by atoms with Crippen LogP contribution in [0.3, 0.4) is 0 Å². The molecular formula is C14H17ClN2O4. The second-order valence-corrected chi connectivity index (χ2v) is 4.35. The Balaban J connectivity index is 0.00000220. The topological polar surface area (TPSA) is 83.5 Å². The number of nitrogens with zero attached hydrogens (tertiary/aromatic N) is 1. The lowest BCUT2D eigenvalue weighted by atomic mass is 10.1. The summed E-state index contributed by atoms with van der Waals surface area (Å²) in [6, 6.07) is 6.59. The summed E-state index contributed by atoms with van der Waals surface area (Å²) in [5.41, 5.74) is 7.28. The van der Waals surface area contributed by atoms with E-state index < -0.39 is 18.1 Å². The molecule has 6 nitrogen and oxygen atoms in total. The number of carbonyl (C=O) groups is 2. The predicted molar refractivity (Wildman–Crippen MR) is 80.7 cm³/mol. The number of nitrogens with two attached hydrogens (primary N) is 1. The van der Waals surface area contributed by atoms with Crippen LogP contribution in [0.2, 0.25) is 0 Å². The van der Waals surface area contributed by atoms with Gasteiger partial charge >= 0.3 is 12.1 Å². The van der Waals surface area contributed by atoms with Crippen molar-refractivity contribution >= 4 is 35.4 Å². The van der Waals surface area contributed by atoms with Crippen molar-refractivity contribution in [2.24, 2.45) is 5.73 Å². The summed E-state index contributed by atoms with van der Waals surface area (Å²) in [5, 5.41) is 0.859. The highest BCUT2D eigenvalue weighted by molar-refractivity contribution is 5.92. The van der Waals surface area contributed by atoms with Crippen molar-refractivity contribution in [3.8, 4) is 0 Å². The van der Waals surface area contributed by atoms with E-state index in [1.54, 1.807) is 12.3 Å². The molecular weight excluding hydrogens is 296 g/mol. The Bertz CT molecular complexity index is 653. The second-order valence-electron chi connectivity index (χ2n) is 4.35. The Morgan fingerprint density at radius 1 is 1.24 bits per heavy atom. The molecule has 0 bridgehead atoms. The van der Waals surface area contributed by atoms with E-state index in [1.165, 1.54) is 18.8 Å². The molecule has 114 valence electrons. The monoisotopic (exact) mass is 312 g/mol. The molecule has 21 heavy (non-hydrogen) atoms. The highest BCUT2D eigenvalue weighted by Gasteiger charge is 2.19. The smallest absolute Gasteiger partial charge is 0.418 e. The molecule has 1 aromatic heterocycles. The first-order chi connectivity index (χ1) is 9.58. The van der Waals surface area contributed by atoms with Gasteiger partial charge in [-0.2, -0.15) is 0 Å². The number of methoxy groups -OCH3 is 2.